The largest absolute Gasteiger partial charge is 0.118 e. The van der Waals surface area contributed by atoms with Crippen LogP contribution in [0.15, 0.2) is 11.6 Å². The first kappa shape index (κ1) is 21.0. The van der Waals surface area contributed by atoms with Crippen molar-refractivity contribution in [3.63, 3.8) is 0 Å². The third-order valence-corrected chi connectivity index (χ3v) is 12.3. The first-order valence-corrected chi connectivity index (χ1v) is 14.6. The quantitative estimate of drug-likeness (QED) is 0.232. The Hall–Kier alpha value is 0.170. The first-order chi connectivity index (χ1) is 13.9. The van der Waals surface area contributed by atoms with E-state index in [0.717, 1.165) is 41.2 Å². The zero-order valence-electron chi connectivity index (χ0n) is 19.8. The molecular formula is C28H47P. The summed E-state index contributed by atoms with van der Waals surface area (Å²) in [6.45, 7) is 10.2. The van der Waals surface area contributed by atoms with Gasteiger partial charge in [-0.25, -0.2) is 0 Å². The summed E-state index contributed by atoms with van der Waals surface area (Å²) in [5.74, 6) is 6.06. The van der Waals surface area contributed by atoms with Crippen molar-refractivity contribution in [3.8, 4) is 0 Å². The SMILES string of the molecule is CC(C)CCCC[C@H]1CCC2C3CC=C4CC(C5CP5)CCC4(C)C3CCC21C. The van der Waals surface area contributed by atoms with E-state index >= 15 is 0 Å². The fourth-order valence-electron chi connectivity index (χ4n) is 8.96. The number of unbranched alkanes of at least 4 members (excludes halogenated alkanes) is 1. The summed E-state index contributed by atoms with van der Waals surface area (Å²) in [7, 11) is 1.31. The highest BCUT2D eigenvalue weighted by Gasteiger charge is 2.58. The van der Waals surface area contributed by atoms with Gasteiger partial charge in [-0.05, 0) is 116 Å². The summed E-state index contributed by atoms with van der Waals surface area (Å²) in [6, 6.07) is 0. The van der Waals surface area contributed by atoms with Crippen LogP contribution >= 0.6 is 8.58 Å². The van der Waals surface area contributed by atoms with Crippen molar-refractivity contribution in [1.82, 2.24) is 0 Å². The zero-order valence-corrected chi connectivity index (χ0v) is 20.8. The second kappa shape index (κ2) is 7.94. The molecule has 4 fully saturated rings. The zero-order chi connectivity index (χ0) is 20.2. The maximum absolute atomic E-state index is 2.81. The lowest BCUT2D eigenvalue weighted by molar-refractivity contribution is -0.0453. The van der Waals surface area contributed by atoms with Gasteiger partial charge in [0.2, 0.25) is 0 Å². The summed E-state index contributed by atoms with van der Waals surface area (Å²) in [5.41, 5.74) is 4.32. The van der Waals surface area contributed by atoms with Crippen LogP contribution in [0.1, 0.15) is 105 Å². The van der Waals surface area contributed by atoms with Crippen molar-refractivity contribution >= 4 is 8.58 Å². The van der Waals surface area contributed by atoms with Crippen molar-refractivity contribution in [2.24, 2.45) is 46.3 Å². The van der Waals surface area contributed by atoms with Crippen LogP contribution in [-0.2, 0) is 0 Å². The third-order valence-electron chi connectivity index (χ3n) is 10.9. The van der Waals surface area contributed by atoms with Gasteiger partial charge in [-0.1, -0.05) is 58.6 Å². The molecule has 0 bridgehead atoms. The van der Waals surface area contributed by atoms with Gasteiger partial charge >= 0.3 is 0 Å². The maximum Gasteiger partial charge on any atom is -0.00851 e. The molecule has 0 amide bonds. The third kappa shape index (κ3) is 3.70. The highest BCUT2D eigenvalue weighted by Crippen LogP contribution is 2.67. The molecule has 9 atom stereocenters. The molecule has 1 saturated heterocycles. The van der Waals surface area contributed by atoms with Crippen molar-refractivity contribution < 1.29 is 0 Å². The molecule has 4 aliphatic carbocycles. The van der Waals surface area contributed by atoms with Crippen molar-refractivity contribution in [1.29, 1.82) is 0 Å². The molecular weight excluding hydrogens is 367 g/mol. The molecule has 5 aliphatic rings. The van der Waals surface area contributed by atoms with Gasteiger partial charge in [-0.2, -0.15) is 0 Å². The van der Waals surface area contributed by atoms with E-state index in [0.29, 0.717) is 10.8 Å². The van der Waals surface area contributed by atoms with E-state index in [1.807, 2.05) is 5.57 Å². The first-order valence-electron chi connectivity index (χ1n) is 13.3. The van der Waals surface area contributed by atoms with Gasteiger partial charge in [-0.15, -0.1) is 8.58 Å². The van der Waals surface area contributed by atoms with Crippen LogP contribution in [-0.4, -0.2) is 11.8 Å². The molecule has 0 aromatic heterocycles. The molecule has 5 rings (SSSR count). The lowest BCUT2D eigenvalue weighted by Crippen LogP contribution is -2.50. The molecule has 0 spiro atoms. The van der Waals surface area contributed by atoms with Gasteiger partial charge in [0, 0.05) is 0 Å². The molecule has 1 aliphatic heterocycles. The predicted octanol–water partition coefficient (Wildman–Crippen LogP) is 8.46. The maximum atomic E-state index is 2.81. The van der Waals surface area contributed by atoms with E-state index in [1.54, 1.807) is 38.3 Å². The van der Waals surface area contributed by atoms with E-state index in [1.165, 1.54) is 53.5 Å². The molecule has 0 N–H and O–H groups in total. The highest BCUT2D eigenvalue weighted by molar-refractivity contribution is 7.47. The fourth-order valence-corrected chi connectivity index (χ4v) is 10.0. The van der Waals surface area contributed by atoms with Crippen molar-refractivity contribution in [2.45, 2.75) is 110 Å². The minimum absolute atomic E-state index is 0.577. The molecule has 0 nitrogen and oxygen atoms in total. The molecule has 0 aromatic rings. The second-order valence-electron chi connectivity index (χ2n) is 12.8. The van der Waals surface area contributed by atoms with E-state index in [9.17, 15) is 0 Å². The molecule has 3 saturated carbocycles. The average Bonchev–Trinajstić information content (AvgIpc) is 3.47. The minimum Gasteiger partial charge on any atom is -0.118 e. The van der Waals surface area contributed by atoms with Gasteiger partial charge in [0.1, 0.15) is 0 Å². The topological polar surface area (TPSA) is 0 Å². The van der Waals surface area contributed by atoms with Crippen LogP contribution < -0.4 is 0 Å². The van der Waals surface area contributed by atoms with Gasteiger partial charge in [0.15, 0.2) is 0 Å². The second-order valence-corrected chi connectivity index (χ2v) is 14.3. The highest BCUT2D eigenvalue weighted by atomic mass is 31.1. The van der Waals surface area contributed by atoms with Crippen LogP contribution in [0.3, 0.4) is 0 Å². The van der Waals surface area contributed by atoms with Gasteiger partial charge in [-0.3, -0.25) is 0 Å². The minimum atomic E-state index is 0.577. The summed E-state index contributed by atoms with van der Waals surface area (Å²) >= 11 is 0. The van der Waals surface area contributed by atoms with E-state index in [2.05, 4.69) is 33.8 Å². The summed E-state index contributed by atoms with van der Waals surface area (Å²) < 4.78 is 0. The van der Waals surface area contributed by atoms with E-state index in [4.69, 9.17) is 0 Å². The van der Waals surface area contributed by atoms with Crippen LogP contribution in [0.25, 0.3) is 0 Å². The molecule has 164 valence electrons. The monoisotopic (exact) mass is 414 g/mol. The Morgan fingerprint density at radius 2 is 1.86 bits per heavy atom. The standard InChI is InChI=1S/C28H47P/c1-19(2)7-5-6-8-21-10-12-24-23-11-9-22-17-20(26-18-29-26)13-15-28(22,4)25(23)14-16-27(21,24)3/h9,19-21,23-26,29H,5-8,10-18H2,1-4H3/t20?,21-,23?,24?,25?,26?,27?,28?/m0/s1. The predicted molar refractivity (Wildman–Crippen MR) is 129 cm³/mol. The Morgan fingerprint density at radius 1 is 1.03 bits per heavy atom. The Labute approximate surface area is 183 Å². The number of fused-ring (bicyclic) bond motifs is 5. The van der Waals surface area contributed by atoms with Crippen molar-refractivity contribution in [2.75, 3.05) is 6.16 Å². The molecule has 1 heterocycles. The van der Waals surface area contributed by atoms with Gasteiger partial charge < -0.3 is 0 Å². The lowest BCUT2D eigenvalue weighted by Gasteiger charge is -2.58. The summed E-state index contributed by atoms with van der Waals surface area (Å²) in [6.07, 6.45) is 22.5. The Bertz CT molecular complexity index is 630. The smallest absolute Gasteiger partial charge is 0.00851 e. The van der Waals surface area contributed by atoms with Gasteiger partial charge in [0.25, 0.3) is 0 Å². The summed E-state index contributed by atoms with van der Waals surface area (Å²) in [5, 5.41) is 0. The fraction of sp³-hybridized carbons (Fsp3) is 0.929. The Balaban J connectivity index is 1.27. The molecule has 0 radical (unpaired) electrons. The normalized spacial score (nSPS) is 49.5. The number of rotatable bonds is 6. The van der Waals surface area contributed by atoms with Crippen LogP contribution in [0, 0.1) is 46.3 Å². The molecule has 29 heavy (non-hydrogen) atoms. The van der Waals surface area contributed by atoms with Crippen LogP contribution in [0.4, 0.5) is 0 Å². The average molecular weight is 415 g/mol. The molecule has 0 aromatic carbocycles. The molecule has 1 heteroatoms. The van der Waals surface area contributed by atoms with Gasteiger partial charge in [0.05, 0.1) is 0 Å². The number of hydrogen-bond donors (Lipinski definition) is 0. The van der Waals surface area contributed by atoms with Crippen molar-refractivity contribution in [3.05, 3.63) is 11.6 Å². The Morgan fingerprint density at radius 3 is 2.62 bits per heavy atom. The Kier molecular flexibility index (Phi) is 5.76. The lowest BCUT2D eigenvalue weighted by atomic mass is 9.47. The number of allylic oxidation sites excluding steroid dienone is 2. The number of hydrogen-bond acceptors (Lipinski definition) is 0. The van der Waals surface area contributed by atoms with Crippen LogP contribution in [0.2, 0.25) is 0 Å². The van der Waals surface area contributed by atoms with E-state index < -0.39 is 0 Å². The van der Waals surface area contributed by atoms with Crippen LogP contribution in [0.5, 0.6) is 0 Å². The molecule has 8 unspecified atom stereocenters. The summed E-state index contributed by atoms with van der Waals surface area (Å²) in [4.78, 5) is 0. The van der Waals surface area contributed by atoms with E-state index in [-0.39, 0.29) is 0 Å².